The van der Waals surface area contributed by atoms with Crippen molar-refractivity contribution in [3.8, 4) is 0 Å². The van der Waals surface area contributed by atoms with E-state index in [0.717, 1.165) is 0 Å². The average molecular weight is 279 g/mol. The quantitative estimate of drug-likeness (QED) is 0.249. The lowest BCUT2D eigenvalue weighted by molar-refractivity contribution is 1.02. The predicted octanol–water partition coefficient (Wildman–Crippen LogP) is 5.67. The van der Waals surface area contributed by atoms with E-state index < -0.39 is 0 Å². The molecular weight excluding hydrogens is 266 g/mol. The lowest BCUT2D eigenvalue weighted by Crippen LogP contribution is -1.85. The maximum absolute atomic E-state index is 2.34. The Kier molecular flexibility index (Phi) is 1.64. The van der Waals surface area contributed by atoms with Crippen molar-refractivity contribution >= 4 is 54.1 Å². The monoisotopic (exact) mass is 279 g/mol. The van der Waals surface area contributed by atoms with Crippen LogP contribution in [-0.2, 0) is 7.05 Å². The second-order valence-corrected chi connectivity index (χ2v) is 6.29. The highest BCUT2D eigenvalue weighted by atomic mass is 14.9. The van der Waals surface area contributed by atoms with Crippen molar-refractivity contribution in [3.63, 3.8) is 0 Å². The number of aromatic nitrogens is 1. The molecule has 0 atom stereocenters. The molecule has 0 saturated heterocycles. The topological polar surface area (TPSA) is 4.93 Å². The first-order valence-electron chi connectivity index (χ1n) is 7.70. The zero-order valence-electron chi connectivity index (χ0n) is 12.2. The minimum Gasteiger partial charge on any atom is -0.344 e. The van der Waals surface area contributed by atoms with E-state index in [1.165, 1.54) is 54.1 Å². The molecule has 102 valence electrons. The summed E-state index contributed by atoms with van der Waals surface area (Å²) in [5.74, 6) is 0. The van der Waals surface area contributed by atoms with Crippen LogP contribution < -0.4 is 0 Å². The van der Waals surface area contributed by atoms with Crippen LogP contribution in [0.15, 0.2) is 60.7 Å². The van der Waals surface area contributed by atoms with Crippen LogP contribution in [0.4, 0.5) is 0 Å². The fourth-order valence-electron chi connectivity index (χ4n) is 4.38. The Morgan fingerprint density at radius 2 is 1.05 bits per heavy atom. The lowest BCUT2D eigenvalue weighted by atomic mass is 9.90. The minimum atomic E-state index is 1.33. The third-order valence-corrected chi connectivity index (χ3v) is 5.31. The highest BCUT2D eigenvalue weighted by Crippen LogP contribution is 2.45. The zero-order valence-corrected chi connectivity index (χ0v) is 12.2. The van der Waals surface area contributed by atoms with Crippen molar-refractivity contribution < 1.29 is 0 Å². The zero-order chi connectivity index (χ0) is 14.4. The molecule has 0 saturated carbocycles. The number of fused-ring (bicyclic) bond motifs is 1. The summed E-state index contributed by atoms with van der Waals surface area (Å²) in [5.41, 5.74) is 2.66. The van der Waals surface area contributed by atoms with E-state index in [9.17, 15) is 0 Å². The van der Waals surface area contributed by atoms with Crippen molar-refractivity contribution in [2.45, 2.75) is 0 Å². The summed E-state index contributed by atoms with van der Waals surface area (Å²) < 4.78 is 2.34. The molecule has 22 heavy (non-hydrogen) atoms. The molecule has 1 heterocycles. The van der Waals surface area contributed by atoms with E-state index in [1.54, 1.807) is 0 Å². The number of nitrogens with zero attached hydrogens (tertiary/aromatic N) is 1. The molecule has 0 bridgehead atoms. The smallest absolute Gasteiger partial charge is 0.0495 e. The fraction of sp³-hybridized carbons (Fsp3) is 0.0476. The second-order valence-electron chi connectivity index (χ2n) is 6.29. The van der Waals surface area contributed by atoms with E-state index in [2.05, 4.69) is 72.3 Å². The number of benzene rings is 5. The minimum absolute atomic E-state index is 1.33. The molecule has 0 N–H and O–H groups in total. The van der Waals surface area contributed by atoms with Crippen LogP contribution in [0.25, 0.3) is 54.1 Å². The first-order valence-corrected chi connectivity index (χ1v) is 7.70. The van der Waals surface area contributed by atoms with Crippen LogP contribution in [-0.4, -0.2) is 4.57 Å². The van der Waals surface area contributed by atoms with E-state index in [-0.39, 0.29) is 0 Å². The van der Waals surface area contributed by atoms with Gasteiger partial charge in [0.05, 0.1) is 0 Å². The van der Waals surface area contributed by atoms with Gasteiger partial charge < -0.3 is 4.57 Å². The largest absolute Gasteiger partial charge is 0.344 e. The third kappa shape index (κ3) is 1.000. The molecule has 1 aromatic heterocycles. The van der Waals surface area contributed by atoms with Gasteiger partial charge in [-0.15, -0.1) is 0 Å². The Balaban J connectivity index is 2.23. The van der Waals surface area contributed by atoms with Crippen LogP contribution in [0.2, 0.25) is 0 Å². The molecule has 0 aliphatic rings. The first-order chi connectivity index (χ1) is 10.8. The number of rotatable bonds is 0. The molecule has 5 aromatic carbocycles. The van der Waals surface area contributed by atoms with Gasteiger partial charge in [-0.05, 0) is 44.5 Å². The predicted molar refractivity (Wildman–Crippen MR) is 95.3 cm³/mol. The summed E-state index contributed by atoms with van der Waals surface area (Å²) >= 11 is 0. The molecule has 0 aliphatic heterocycles. The van der Waals surface area contributed by atoms with Gasteiger partial charge in [0.15, 0.2) is 0 Å². The van der Waals surface area contributed by atoms with Gasteiger partial charge >= 0.3 is 0 Å². The van der Waals surface area contributed by atoms with E-state index in [4.69, 9.17) is 0 Å². The van der Waals surface area contributed by atoms with Gasteiger partial charge in [0, 0.05) is 28.9 Å². The molecule has 1 heteroatoms. The summed E-state index contributed by atoms with van der Waals surface area (Å²) in [4.78, 5) is 0. The summed E-state index contributed by atoms with van der Waals surface area (Å²) in [5, 5.41) is 11.1. The van der Waals surface area contributed by atoms with Gasteiger partial charge in [-0.1, -0.05) is 48.5 Å². The maximum atomic E-state index is 2.34. The number of hydrogen-bond donors (Lipinski definition) is 0. The molecule has 0 radical (unpaired) electrons. The highest BCUT2D eigenvalue weighted by Gasteiger charge is 2.19. The van der Waals surface area contributed by atoms with E-state index >= 15 is 0 Å². The van der Waals surface area contributed by atoms with Crippen LogP contribution in [0.5, 0.6) is 0 Å². The second kappa shape index (κ2) is 3.33. The Labute approximate surface area is 127 Å². The molecule has 6 aromatic rings. The number of aryl methyl sites for hydroxylation is 1. The highest BCUT2D eigenvalue weighted by molar-refractivity contribution is 6.39. The summed E-state index contributed by atoms with van der Waals surface area (Å²) in [6.45, 7) is 0. The van der Waals surface area contributed by atoms with E-state index in [1.807, 2.05) is 0 Å². The van der Waals surface area contributed by atoms with Gasteiger partial charge in [-0.25, -0.2) is 0 Å². The first kappa shape index (κ1) is 10.9. The molecular formula is C21H13N. The van der Waals surface area contributed by atoms with Crippen LogP contribution >= 0.6 is 0 Å². The lowest BCUT2D eigenvalue weighted by Gasteiger charge is -2.12. The SMILES string of the molecule is Cn1c2ccc3cccc4c5cccc6ccc1c(c65)c2c34. The molecule has 1 nitrogen and oxygen atoms in total. The van der Waals surface area contributed by atoms with Gasteiger partial charge in [-0.3, -0.25) is 0 Å². The van der Waals surface area contributed by atoms with Crippen molar-refractivity contribution in [1.29, 1.82) is 0 Å². The molecule has 0 amide bonds. The van der Waals surface area contributed by atoms with Crippen LogP contribution in [0.1, 0.15) is 0 Å². The van der Waals surface area contributed by atoms with Crippen LogP contribution in [0.3, 0.4) is 0 Å². The fourth-order valence-corrected chi connectivity index (χ4v) is 4.38. The molecule has 0 aliphatic carbocycles. The van der Waals surface area contributed by atoms with Gasteiger partial charge in [-0.2, -0.15) is 0 Å². The normalized spacial score (nSPS) is 12.8. The standard InChI is InChI=1S/C21H13N/c1-22-16-10-8-12-4-2-6-14-15-7-3-5-13-9-11-17(22)21(19(13)15)20(16)18(12)14/h2-11H,1H3. The Hall–Kier alpha value is -2.80. The number of hydrogen-bond acceptors (Lipinski definition) is 0. The maximum Gasteiger partial charge on any atom is 0.0495 e. The summed E-state index contributed by atoms with van der Waals surface area (Å²) in [6.07, 6.45) is 0. The van der Waals surface area contributed by atoms with Crippen LogP contribution in [0, 0.1) is 0 Å². The summed E-state index contributed by atoms with van der Waals surface area (Å²) in [7, 11) is 2.18. The Morgan fingerprint density at radius 3 is 1.55 bits per heavy atom. The van der Waals surface area contributed by atoms with Gasteiger partial charge in [0.1, 0.15) is 0 Å². The Bertz CT molecular complexity index is 1220. The molecule has 6 rings (SSSR count). The van der Waals surface area contributed by atoms with Crippen molar-refractivity contribution in [2.75, 3.05) is 0 Å². The molecule has 0 unspecified atom stereocenters. The third-order valence-electron chi connectivity index (χ3n) is 5.31. The summed E-state index contributed by atoms with van der Waals surface area (Å²) in [6, 6.07) is 22.4. The molecule has 0 fully saturated rings. The molecule has 0 spiro atoms. The average Bonchev–Trinajstić information content (AvgIpc) is 2.87. The van der Waals surface area contributed by atoms with Gasteiger partial charge in [0.25, 0.3) is 0 Å². The van der Waals surface area contributed by atoms with E-state index in [0.29, 0.717) is 0 Å². The van der Waals surface area contributed by atoms with Crippen molar-refractivity contribution in [1.82, 2.24) is 4.57 Å². The van der Waals surface area contributed by atoms with Gasteiger partial charge in [0.2, 0.25) is 0 Å². The Morgan fingerprint density at radius 1 is 0.545 bits per heavy atom. The van der Waals surface area contributed by atoms with Crippen molar-refractivity contribution in [2.24, 2.45) is 7.05 Å². The van der Waals surface area contributed by atoms with Crippen molar-refractivity contribution in [3.05, 3.63) is 60.7 Å².